The smallest absolute Gasteiger partial charge is 0.299 e. The number of aromatic nitrogens is 3. The van der Waals surface area contributed by atoms with Crippen LogP contribution in [0.5, 0.6) is 5.75 Å². The van der Waals surface area contributed by atoms with Crippen molar-refractivity contribution in [1.82, 2.24) is 14.9 Å². The molecule has 0 radical (unpaired) electrons. The van der Waals surface area contributed by atoms with Crippen LogP contribution in [0.3, 0.4) is 0 Å². The fourth-order valence-electron chi connectivity index (χ4n) is 2.28. The SMILES string of the molecule is COc1ccc(/C=C/c2nnc(N/N=C/[C@H](O)[C@@H](O)[C@@H](O)[C@H](O)CO)n(N)c2=O)cc1. The lowest BCUT2D eigenvalue weighted by Crippen LogP contribution is -2.46. The van der Waals surface area contributed by atoms with Gasteiger partial charge in [-0.05, 0) is 23.8 Å². The van der Waals surface area contributed by atoms with Crippen molar-refractivity contribution in [3.8, 4) is 5.75 Å². The lowest BCUT2D eigenvalue weighted by molar-refractivity contribution is -0.0999. The number of methoxy groups -OCH3 is 1. The van der Waals surface area contributed by atoms with E-state index in [0.29, 0.717) is 10.4 Å². The Balaban J connectivity index is 2.05. The number of hydrazone groups is 1. The maximum atomic E-state index is 12.3. The Bertz CT molecular complexity index is 963. The Morgan fingerprint density at radius 2 is 1.84 bits per heavy atom. The molecule has 0 saturated carbocycles. The van der Waals surface area contributed by atoms with Gasteiger partial charge in [-0.2, -0.15) is 9.78 Å². The Kier molecular flexibility index (Phi) is 8.60. The van der Waals surface area contributed by atoms with Crippen molar-refractivity contribution < 1.29 is 30.3 Å². The molecule has 168 valence electrons. The molecule has 0 unspecified atom stereocenters. The van der Waals surface area contributed by atoms with Gasteiger partial charge in [-0.1, -0.05) is 18.2 Å². The van der Waals surface area contributed by atoms with Gasteiger partial charge >= 0.3 is 0 Å². The van der Waals surface area contributed by atoms with Crippen LogP contribution >= 0.6 is 0 Å². The predicted molar refractivity (Wildman–Crippen MR) is 112 cm³/mol. The Labute approximate surface area is 176 Å². The summed E-state index contributed by atoms with van der Waals surface area (Å²) in [6.45, 7) is -0.811. The van der Waals surface area contributed by atoms with E-state index in [4.69, 9.17) is 15.7 Å². The summed E-state index contributed by atoms with van der Waals surface area (Å²) in [5, 5.41) is 58.0. The van der Waals surface area contributed by atoms with Gasteiger partial charge in [0.15, 0.2) is 5.69 Å². The van der Waals surface area contributed by atoms with Crippen LogP contribution in [-0.2, 0) is 0 Å². The summed E-state index contributed by atoms with van der Waals surface area (Å²) in [4.78, 5) is 12.3. The van der Waals surface area contributed by atoms with Gasteiger partial charge in [-0.25, -0.2) is 5.43 Å². The minimum atomic E-state index is -1.83. The number of ether oxygens (including phenoxy) is 1. The average molecular weight is 436 g/mol. The molecule has 31 heavy (non-hydrogen) atoms. The van der Waals surface area contributed by atoms with E-state index >= 15 is 0 Å². The molecule has 1 aromatic heterocycles. The summed E-state index contributed by atoms with van der Waals surface area (Å²) in [5.74, 6) is 6.10. The molecule has 0 aliphatic rings. The molecule has 4 atom stereocenters. The molecule has 0 aliphatic carbocycles. The van der Waals surface area contributed by atoms with E-state index in [-0.39, 0.29) is 11.6 Å². The highest BCUT2D eigenvalue weighted by molar-refractivity contribution is 5.68. The second-order valence-corrected chi connectivity index (χ2v) is 6.30. The molecule has 0 amide bonds. The highest BCUT2D eigenvalue weighted by atomic mass is 16.5. The van der Waals surface area contributed by atoms with Gasteiger partial charge in [-0.3, -0.25) is 4.79 Å². The first-order valence-electron chi connectivity index (χ1n) is 8.97. The first-order valence-corrected chi connectivity index (χ1v) is 8.97. The van der Waals surface area contributed by atoms with Gasteiger partial charge in [0.2, 0.25) is 0 Å². The first-order chi connectivity index (χ1) is 14.8. The molecule has 2 aromatic rings. The summed E-state index contributed by atoms with van der Waals surface area (Å²) >= 11 is 0. The third-order valence-electron chi connectivity index (χ3n) is 4.14. The van der Waals surface area contributed by atoms with E-state index in [2.05, 4.69) is 20.7 Å². The number of hydrogen-bond donors (Lipinski definition) is 7. The largest absolute Gasteiger partial charge is 0.497 e. The highest BCUT2D eigenvalue weighted by Gasteiger charge is 2.29. The normalized spacial score (nSPS) is 15.7. The number of aliphatic hydroxyl groups excluding tert-OH is 5. The van der Waals surface area contributed by atoms with E-state index in [1.807, 2.05) is 0 Å². The number of nitrogens with two attached hydrogens (primary N) is 1. The van der Waals surface area contributed by atoms with Crippen molar-refractivity contribution in [2.24, 2.45) is 5.10 Å². The molecule has 8 N–H and O–H groups in total. The molecule has 0 fully saturated rings. The molecule has 0 aliphatic heterocycles. The lowest BCUT2D eigenvalue weighted by atomic mass is 10.0. The van der Waals surface area contributed by atoms with Gasteiger partial charge in [-0.15, -0.1) is 10.2 Å². The quantitative estimate of drug-likeness (QED) is 0.116. The molecule has 0 saturated heterocycles. The minimum Gasteiger partial charge on any atom is -0.497 e. The van der Waals surface area contributed by atoms with Crippen LogP contribution in [0.15, 0.2) is 34.2 Å². The van der Waals surface area contributed by atoms with Crippen LogP contribution < -0.4 is 21.6 Å². The number of nitrogens with one attached hydrogen (secondary N) is 1. The zero-order valence-electron chi connectivity index (χ0n) is 16.5. The first kappa shape index (κ1) is 23.9. The van der Waals surface area contributed by atoms with Crippen molar-refractivity contribution in [1.29, 1.82) is 0 Å². The van der Waals surface area contributed by atoms with Gasteiger partial charge in [0.05, 0.1) is 19.9 Å². The standard InChI is InChI=1S/C18H24N6O7/c1-31-11-5-2-10(3-6-11)4-7-12-17(30)24(19)18(23-21-12)22-20-8-13(26)15(28)16(29)14(27)9-25/h2-8,13-16,25-29H,9,19H2,1H3,(H,22,23)/b7-4+,20-8+/t13-,14+,15+,16-/m0/s1. The zero-order valence-corrected chi connectivity index (χ0v) is 16.5. The van der Waals surface area contributed by atoms with Gasteiger partial charge in [0.1, 0.15) is 30.2 Å². The second-order valence-electron chi connectivity index (χ2n) is 6.30. The molecule has 13 nitrogen and oxygen atoms in total. The van der Waals surface area contributed by atoms with Gasteiger partial charge in [0.25, 0.3) is 11.5 Å². The van der Waals surface area contributed by atoms with Crippen LogP contribution in [-0.4, -0.2) is 84.8 Å². The summed E-state index contributed by atoms with van der Waals surface area (Å²) in [6.07, 6.45) is -3.14. The Morgan fingerprint density at radius 1 is 1.16 bits per heavy atom. The highest BCUT2D eigenvalue weighted by Crippen LogP contribution is 2.13. The fourth-order valence-corrected chi connectivity index (χ4v) is 2.28. The zero-order chi connectivity index (χ0) is 23.0. The van der Waals surface area contributed by atoms with Crippen molar-refractivity contribution in [2.45, 2.75) is 24.4 Å². The Morgan fingerprint density at radius 3 is 2.45 bits per heavy atom. The van der Waals surface area contributed by atoms with Crippen LogP contribution in [0, 0.1) is 0 Å². The van der Waals surface area contributed by atoms with E-state index in [1.54, 1.807) is 37.5 Å². The van der Waals surface area contributed by atoms with Crippen molar-refractivity contribution in [3.05, 3.63) is 45.9 Å². The summed E-state index contributed by atoms with van der Waals surface area (Å²) in [7, 11) is 1.55. The van der Waals surface area contributed by atoms with Crippen molar-refractivity contribution >= 4 is 24.3 Å². The Hall–Kier alpha value is -3.36. The maximum Gasteiger partial charge on any atom is 0.299 e. The topological polar surface area (TPSA) is 209 Å². The third-order valence-corrected chi connectivity index (χ3v) is 4.14. The number of aliphatic hydroxyl groups is 5. The van der Waals surface area contributed by atoms with Crippen LogP contribution in [0.4, 0.5) is 5.95 Å². The van der Waals surface area contributed by atoms with E-state index in [9.17, 15) is 25.2 Å². The van der Waals surface area contributed by atoms with E-state index in [0.717, 1.165) is 11.8 Å². The molecule has 1 aromatic carbocycles. The average Bonchev–Trinajstić information content (AvgIpc) is 2.79. The molecule has 0 spiro atoms. The summed E-state index contributed by atoms with van der Waals surface area (Å²) < 4.78 is 5.71. The monoisotopic (exact) mass is 436 g/mol. The van der Waals surface area contributed by atoms with Crippen LogP contribution in [0.2, 0.25) is 0 Å². The van der Waals surface area contributed by atoms with Gasteiger partial charge < -0.3 is 36.1 Å². The van der Waals surface area contributed by atoms with Gasteiger partial charge in [0, 0.05) is 0 Å². The summed E-state index contributed by atoms with van der Waals surface area (Å²) in [5.41, 5.74) is 2.34. The predicted octanol–water partition coefficient (Wildman–Crippen LogP) is -2.64. The number of hydrogen-bond acceptors (Lipinski definition) is 12. The van der Waals surface area contributed by atoms with Crippen LogP contribution in [0.25, 0.3) is 12.2 Å². The maximum absolute atomic E-state index is 12.3. The number of nitrogen functional groups attached to an aromatic ring is 1. The molecule has 0 bridgehead atoms. The molecular weight excluding hydrogens is 412 g/mol. The molecule has 13 heteroatoms. The van der Waals surface area contributed by atoms with E-state index < -0.39 is 36.6 Å². The number of benzene rings is 1. The number of nitrogens with zero attached hydrogens (tertiary/aromatic N) is 4. The third kappa shape index (κ3) is 6.31. The second kappa shape index (κ2) is 11.1. The van der Waals surface area contributed by atoms with Crippen molar-refractivity contribution in [2.75, 3.05) is 25.0 Å². The molecule has 1 heterocycles. The number of rotatable bonds is 10. The lowest BCUT2D eigenvalue weighted by Gasteiger charge is -2.23. The molecule has 2 rings (SSSR count). The molecular formula is C18H24N6O7. The van der Waals surface area contributed by atoms with Crippen LogP contribution in [0.1, 0.15) is 11.3 Å². The van der Waals surface area contributed by atoms with E-state index in [1.165, 1.54) is 6.08 Å². The number of anilines is 1. The minimum absolute atomic E-state index is 0.0376. The summed E-state index contributed by atoms with van der Waals surface area (Å²) in [6, 6.07) is 7.08. The van der Waals surface area contributed by atoms with Crippen molar-refractivity contribution in [3.63, 3.8) is 0 Å². The fraction of sp³-hybridized carbons (Fsp3) is 0.333.